The number of thiophene rings is 1. The molecule has 1 aliphatic carbocycles. The van der Waals surface area contributed by atoms with Gasteiger partial charge in [-0.05, 0) is 24.8 Å². The van der Waals surface area contributed by atoms with E-state index < -0.39 is 5.97 Å². The van der Waals surface area contributed by atoms with Crippen LogP contribution >= 0.6 is 11.3 Å². The van der Waals surface area contributed by atoms with Gasteiger partial charge in [0.05, 0.1) is 10.3 Å². The summed E-state index contributed by atoms with van der Waals surface area (Å²) in [5, 5.41) is 9.97. The maximum atomic E-state index is 11.2. The number of anilines is 1. The number of hydrogen-bond donors (Lipinski definition) is 2. The molecule has 0 aliphatic heterocycles. The van der Waals surface area contributed by atoms with Crippen LogP contribution in [-0.2, 0) is 0 Å². The zero-order valence-electron chi connectivity index (χ0n) is 9.85. The summed E-state index contributed by atoms with van der Waals surface area (Å²) < 4.78 is 0.761. The van der Waals surface area contributed by atoms with Gasteiger partial charge in [-0.3, -0.25) is 0 Å². The average Bonchev–Trinajstić information content (AvgIpc) is 2.97. The third-order valence-electron chi connectivity index (χ3n) is 3.59. The van der Waals surface area contributed by atoms with Crippen molar-refractivity contribution in [3.63, 3.8) is 0 Å². The van der Waals surface area contributed by atoms with Crippen molar-refractivity contribution in [2.75, 3.05) is 5.73 Å². The molecule has 2 aromatic rings. The van der Waals surface area contributed by atoms with Crippen LogP contribution in [0, 0.1) is 0 Å². The van der Waals surface area contributed by atoms with Crippen molar-refractivity contribution in [1.29, 1.82) is 0 Å². The van der Waals surface area contributed by atoms with Crippen molar-refractivity contribution < 1.29 is 9.90 Å². The highest BCUT2D eigenvalue weighted by molar-refractivity contribution is 7.19. The van der Waals surface area contributed by atoms with E-state index in [-0.39, 0.29) is 5.56 Å². The first-order valence-electron chi connectivity index (χ1n) is 6.08. The number of carbonyl (C=O) groups is 1. The number of aromatic nitrogens is 1. The standard InChI is InChI=1S/C13H14N2O2S/c14-12-8-5-10(7-3-1-2-4-7)18-11(8)9(6-15-12)13(16)17/h5-7H,1-4H2,(H2,14,15)(H,16,17). The highest BCUT2D eigenvalue weighted by Gasteiger charge is 2.22. The predicted molar refractivity (Wildman–Crippen MR) is 72.2 cm³/mol. The van der Waals surface area contributed by atoms with Gasteiger partial charge in [-0.2, -0.15) is 0 Å². The van der Waals surface area contributed by atoms with Gasteiger partial charge in [0.15, 0.2) is 0 Å². The van der Waals surface area contributed by atoms with Crippen LogP contribution in [0.5, 0.6) is 0 Å². The van der Waals surface area contributed by atoms with E-state index >= 15 is 0 Å². The molecule has 1 aliphatic rings. The summed E-state index contributed by atoms with van der Waals surface area (Å²) in [5.74, 6) is 0.0614. The Bertz CT molecular complexity index is 615. The topological polar surface area (TPSA) is 76.2 Å². The van der Waals surface area contributed by atoms with Gasteiger partial charge in [-0.15, -0.1) is 11.3 Å². The Hall–Kier alpha value is -1.62. The van der Waals surface area contributed by atoms with Crippen LogP contribution < -0.4 is 5.73 Å². The molecule has 18 heavy (non-hydrogen) atoms. The van der Waals surface area contributed by atoms with E-state index in [9.17, 15) is 9.90 Å². The summed E-state index contributed by atoms with van der Waals surface area (Å²) in [6.07, 6.45) is 6.27. The van der Waals surface area contributed by atoms with Crippen LogP contribution in [0.25, 0.3) is 10.1 Å². The van der Waals surface area contributed by atoms with E-state index in [1.54, 1.807) is 11.3 Å². The van der Waals surface area contributed by atoms with Crippen molar-refractivity contribution in [2.45, 2.75) is 31.6 Å². The number of aromatic carboxylic acids is 1. The quantitative estimate of drug-likeness (QED) is 0.871. The summed E-state index contributed by atoms with van der Waals surface area (Å²) in [6.45, 7) is 0. The van der Waals surface area contributed by atoms with Gasteiger partial charge < -0.3 is 10.8 Å². The number of carboxylic acid groups (broad SMARTS) is 1. The van der Waals surface area contributed by atoms with Crippen molar-refractivity contribution in [3.05, 3.63) is 22.7 Å². The van der Waals surface area contributed by atoms with Crippen LogP contribution in [-0.4, -0.2) is 16.1 Å². The smallest absolute Gasteiger partial charge is 0.338 e. The second kappa shape index (κ2) is 4.24. The summed E-state index contributed by atoms with van der Waals surface area (Å²) >= 11 is 1.56. The van der Waals surface area contributed by atoms with Gasteiger partial charge in [0.2, 0.25) is 0 Å². The van der Waals surface area contributed by atoms with Crippen LogP contribution in [0.1, 0.15) is 46.8 Å². The molecule has 1 saturated carbocycles. The number of hydrogen-bond acceptors (Lipinski definition) is 4. The molecule has 94 valence electrons. The zero-order valence-corrected chi connectivity index (χ0v) is 10.7. The molecule has 0 amide bonds. The molecular weight excluding hydrogens is 248 g/mol. The van der Waals surface area contributed by atoms with E-state index in [1.807, 2.05) is 6.07 Å². The molecule has 3 rings (SSSR count). The normalized spacial score (nSPS) is 16.4. The number of carboxylic acids is 1. The SMILES string of the molecule is Nc1ncc(C(=O)O)c2sc(C3CCCC3)cc12. The molecule has 0 aromatic carbocycles. The van der Waals surface area contributed by atoms with Crippen molar-refractivity contribution >= 4 is 33.2 Å². The minimum absolute atomic E-state index is 0.258. The summed E-state index contributed by atoms with van der Waals surface area (Å²) in [5.41, 5.74) is 6.10. The number of nitrogens with zero attached hydrogens (tertiary/aromatic N) is 1. The molecule has 2 heterocycles. The van der Waals surface area contributed by atoms with Gasteiger partial charge in [0.1, 0.15) is 5.82 Å². The molecule has 5 heteroatoms. The molecule has 0 unspecified atom stereocenters. The third kappa shape index (κ3) is 1.75. The van der Waals surface area contributed by atoms with E-state index in [4.69, 9.17) is 5.73 Å². The van der Waals surface area contributed by atoms with Crippen molar-refractivity contribution in [3.8, 4) is 0 Å². The summed E-state index contributed by atoms with van der Waals surface area (Å²) in [6, 6.07) is 2.03. The van der Waals surface area contributed by atoms with Gasteiger partial charge in [-0.25, -0.2) is 9.78 Å². The van der Waals surface area contributed by atoms with Crippen LogP contribution in [0.2, 0.25) is 0 Å². The minimum atomic E-state index is -0.938. The summed E-state index contributed by atoms with van der Waals surface area (Å²) in [4.78, 5) is 16.4. The fraction of sp³-hybridized carbons (Fsp3) is 0.385. The lowest BCUT2D eigenvalue weighted by molar-refractivity contribution is 0.0699. The predicted octanol–water partition coefficient (Wildman–Crippen LogP) is 3.23. The lowest BCUT2D eigenvalue weighted by atomic mass is 10.1. The molecular formula is C13H14N2O2S. The van der Waals surface area contributed by atoms with Gasteiger partial charge in [0, 0.05) is 16.5 Å². The molecule has 1 fully saturated rings. The van der Waals surface area contributed by atoms with E-state index in [0.717, 1.165) is 10.1 Å². The number of rotatable bonds is 2. The van der Waals surface area contributed by atoms with Gasteiger partial charge in [-0.1, -0.05) is 12.8 Å². The summed E-state index contributed by atoms with van der Waals surface area (Å²) in [7, 11) is 0. The Labute approximate surface area is 108 Å². The van der Waals surface area contributed by atoms with E-state index in [1.165, 1.54) is 36.8 Å². The van der Waals surface area contributed by atoms with E-state index in [2.05, 4.69) is 4.98 Å². The second-order valence-electron chi connectivity index (χ2n) is 4.74. The first-order valence-corrected chi connectivity index (χ1v) is 6.89. The average molecular weight is 262 g/mol. The van der Waals surface area contributed by atoms with E-state index in [0.29, 0.717) is 11.7 Å². The Kier molecular flexibility index (Phi) is 2.70. The van der Waals surface area contributed by atoms with Gasteiger partial charge in [0.25, 0.3) is 0 Å². The third-order valence-corrected chi connectivity index (χ3v) is 4.92. The Morgan fingerprint density at radius 2 is 2.17 bits per heavy atom. The molecule has 2 aromatic heterocycles. The molecule has 3 N–H and O–H groups in total. The highest BCUT2D eigenvalue weighted by atomic mass is 32.1. The van der Waals surface area contributed by atoms with Gasteiger partial charge >= 0.3 is 5.97 Å². The van der Waals surface area contributed by atoms with Crippen LogP contribution in [0.15, 0.2) is 12.3 Å². The van der Waals surface area contributed by atoms with Crippen molar-refractivity contribution in [2.24, 2.45) is 0 Å². The number of nitrogen functional groups attached to an aromatic ring is 1. The number of pyridine rings is 1. The minimum Gasteiger partial charge on any atom is -0.478 e. The number of fused-ring (bicyclic) bond motifs is 1. The molecule has 0 bridgehead atoms. The van der Waals surface area contributed by atoms with Crippen molar-refractivity contribution in [1.82, 2.24) is 4.98 Å². The molecule has 4 nitrogen and oxygen atoms in total. The molecule has 0 saturated heterocycles. The fourth-order valence-corrected chi connectivity index (χ4v) is 3.96. The zero-order chi connectivity index (χ0) is 12.7. The Morgan fingerprint density at radius 3 is 2.83 bits per heavy atom. The Morgan fingerprint density at radius 1 is 1.44 bits per heavy atom. The maximum Gasteiger partial charge on any atom is 0.338 e. The molecule has 0 spiro atoms. The second-order valence-corrected chi connectivity index (χ2v) is 5.82. The lowest BCUT2D eigenvalue weighted by Crippen LogP contribution is -1.99. The maximum absolute atomic E-state index is 11.2. The van der Waals surface area contributed by atoms with Crippen LogP contribution in [0.4, 0.5) is 5.82 Å². The Balaban J connectivity index is 2.17. The number of nitrogens with two attached hydrogens (primary N) is 1. The first-order chi connectivity index (χ1) is 8.66. The highest BCUT2D eigenvalue weighted by Crippen LogP contribution is 2.41. The first kappa shape index (κ1) is 11.5. The monoisotopic (exact) mass is 262 g/mol. The molecule has 0 radical (unpaired) electrons. The largest absolute Gasteiger partial charge is 0.478 e. The molecule has 0 atom stereocenters. The van der Waals surface area contributed by atoms with Crippen LogP contribution in [0.3, 0.4) is 0 Å². The fourth-order valence-electron chi connectivity index (χ4n) is 2.63. The lowest BCUT2D eigenvalue weighted by Gasteiger charge is -2.03.